The first kappa shape index (κ1) is 14.9. The maximum absolute atomic E-state index is 10.6. The predicted molar refractivity (Wildman–Crippen MR) is 77.4 cm³/mol. The van der Waals surface area contributed by atoms with Crippen LogP contribution in [-0.4, -0.2) is 23.1 Å². The number of nitrogens with one attached hydrogen (secondary N) is 1. The molecule has 2 N–H and O–H groups in total. The summed E-state index contributed by atoms with van der Waals surface area (Å²) < 4.78 is 0. The molecule has 1 aliphatic carbocycles. The Hall–Kier alpha value is -1.46. The van der Waals surface area contributed by atoms with E-state index in [-0.39, 0.29) is 5.69 Å². The molecule has 0 bridgehead atoms. The van der Waals surface area contributed by atoms with E-state index < -0.39 is 11.0 Å². The summed E-state index contributed by atoms with van der Waals surface area (Å²) in [4.78, 5) is 10.1. The van der Waals surface area contributed by atoms with Crippen LogP contribution in [-0.2, 0) is 0 Å². The van der Waals surface area contributed by atoms with Crippen LogP contribution in [0.5, 0.6) is 0 Å². The molecule has 0 spiro atoms. The molecule has 5 heteroatoms. The molecule has 1 fully saturated rings. The fourth-order valence-electron chi connectivity index (χ4n) is 2.51. The lowest BCUT2D eigenvalue weighted by atomic mass is 9.92. The third kappa shape index (κ3) is 3.35. The standard InChI is InChI=1S/C15H22N2O3/c1-11(2)15(7-8-15)10-16-9-14(18)12-3-5-13(6-4-12)17(19)20/h3-6,11,14,16,18H,7-10H2,1-2H3. The van der Waals surface area contributed by atoms with Gasteiger partial charge in [-0.1, -0.05) is 13.8 Å². The van der Waals surface area contributed by atoms with Gasteiger partial charge < -0.3 is 10.4 Å². The first-order chi connectivity index (χ1) is 9.44. The van der Waals surface area contributed by atoms with Gasteiger partial charge in [0.25, 0.3) is 5.69 Å². The zero-order valence-corrected chi connectivity index (χ0v) is 12.0. The highest BCUT2D eigenvalue weighted by atomic mass is 16.6. The summed E-state index contributed by atoms with van der Waals surface area (Å²) >= 11 is 0. The second kappa shape index (κ2) is 5.89. The molecule has 1 aromatic carbocycles. The van der Waals surface area contributed by atoms with Gasteiger partial charge in [0.1, 0.15) is 0 Å². The average molecular weight is 278 g/mol. The zero-order valence-electron chi connectivity index (χ0n) is 12.0. The fraction of sp³-hybridized carbons (Fsp3) is 0.600. The van der Waals surface area contributed by atoms with Gasteiger partial charge in [0, 0.05) is 25.2 Å². The van der Waals surface area contributed by atoms with Gasteiger partial charge in [-0.05, 0) is 41.9 Å². The van der Waals surface area contributed by atoms with Gasteiger partial charge in [-0.15, -0.1) is 0 Å². The van der Waals surface area contributed by atoms with Crippen LogP contribution in [0.2, 0.25) is 0 Å². The van der Waals surface area contributed by atoms with Crippen LogP contribution < -0.4 is 5.32 Å². The number of hydrogen-bond donors (Lipinski definition) is 2. The van der Waals surface area contributed by atoms with Crippen molar-refractivity contribution >= 4 is 5.69 Å². The lowest BCUT2D eigenvalue weighted by molar-refractivity contribution is -0.384. The monoisotopic (exact) mass is 278 g/mol. The van der Waals surface area contributed by atoms with Crippen LogP contribution in [0, 0.1) is 21.4 Å². The normalized spacial score (nSPS) is 18.0. The number of nitro groups is 1. The Morgan fingerprint density at radius 3 is 2.40 bits per heavy atom. The highest BCUT2D eigenvalue weighted by Gasteiger charge is 2.44. The minimum absolute atomic E-state index is 0.0469. The van der Waals surface area contributed by atoms with Crippen molar-refractivity contribution in [1.82, 2.24) is 5.32 Å². The Kier molecular flexibility index (Phi) is 4.40. The first-order valence-corrected chi connectivity index (χ1v) is 7.08. The van der Waals surface area contributed by atoms with Crippen molar-refractivity contribution in [2.75, 3.05) is 13.1 Å². The highest BCUT2D eigenvalue weighted by Crippen LogP contribution is 2.51. The van der Waals surface area contributed by atoms with Crippen molar-refractivity contribution in [1.29, 1.82) is 0 Å². The summed E-state index contributed by atoms with van der Waals surface area (Å²) in [6.45, 7) is 5.88. The second-order valence-corrected chi connectivity index (χ2v) is 6.01. The third-order valence-corrected chi connectivity index (χ3v) is 4.42. The summed E-state index contributed by atoms with van der Waals surface area (Å²) in [5.41, 5.74) is 1.16. The molecule has 2 rings (SSSR count). The molecule has 0 amide bonds. The van der Waals surface area contributed by atoms with Gasteiger partial charge in [-0.2, -0.15) is 0 Å². The molecule has 0 aromatic heterocycles. The van der Waals surface area contributed by atoms with Gasteiger partial charge in [0.05, 0.1) is 11.0 Å². The fourth-order valence-corrected chi connectivity index (χ4v) is 2.51. The molecule has 5 nitrogen and oxygen atoms in total. The predicted octanol–water partition coefficient (Wildman–Crippen LogP) is 2.65. The Labute approximate surface area is 119 Å². The SMILES string of the molecule is CC(C)C1(CNCC(O)c2ccc([N+](=O)[O-])cc2)CC1. The first-order valence-electron chi connectivity index (χ1n) is 7.08. The van der Waals surface area contributed by atoms with Gasteiger partial charge in [-0.3, -0.25) is 10.1 Å². The van der Waals surface area contributed by atoms with Crippen molar-refractivity contribution in [3.63, 3.8) is 0 Å². The molecule has 0 heterocycles. The Morgan fingerprint density at radius 2 is 1.95 bits per heavy atom. The van der Waals surface area contributed by atoms with Crippen molar-refractivity contribution in [2.24, 2.45) is 11.3 Å². The molecule has 0 aliphatic heterocycles. The summed E-state index contributed by atoms with van der Waals surface area (Å²) in [6, 6.07) is 6.07. The lowest BCUT2D eigenvalue weighted by Gasteiger charge is -2.21. The second-order valence-electron chi connectivity index (χ2n) is 6.01. The maximum atomic E-state index is 10.6. The van der Waals surface area contributed by atoms with Crippen LogP contribution >= 0.6 is 0 Å². The Morgan fingerprint density at radius 1 is 1.35 bits per heavy atom. The van der Waals surface area contributed by atoms with Gasteiger partial charge >= 0.3 is 0 Å². The van der Waals surface area contributed by atoms with Crippen molar-refractivity contribution in [3.05, 3.63) is 39.9 Å². The van der Waals surface area contributed by atoms with E-state index in [1.165, 1.54) is 25.0 Å². The summed E-state index contributed by atoms with van der Waals surface area (Å²) in [5, 5.41) is 24.0. The van der Waals surface area contributed by atoms with Crippen LogP contribution in [0.15, 0.2) is 24.3 Å². The van der Waals surface area contributed by atoms with Gasteiger partial charge in [0.15, 0.2) is 0 Å². The molecule has 1 aliphatic rings. The molecule has 1 saturated carbocycles. The molecule has 0 saturated heterocycles. The number of non-ortho nitro benzene ring substituents is 1. The number of aliphatic hydroxyl groups excluding tert-OH is 1. The average Bonchev–Trinajstić information content (AvgIpc) is 3.20. The number of hydrogen-bond acceptors (Lipinski definition) is 4. The lowest BCUT2D eigenvalue weighted by Crippen LogP contribution is -2.30. The van der Waals surface area contributed by atoms with Crippen molar-refractivity contribution in [2.45, 2.75) is 32.8 Å². The molecule has 1 unspecified atom stereocenters. The van der Waals surface area contributed by atoms with E-state index in [4.69, 9.17) is 0 Å². The molecule has 0 radical (unpaired) electrons. The van der Waals surface area contributed by atoms with E-state index in [9.17, 15) is 15.2 Å². The Bertz CT molecular complexity index is 467. The third-order valence-electron chi connectivity index (χ3n) is 4.42. The largest absolute Gasteiger partial charge is 0.387 e. The van der Waals surface area contributed by atoms with Crippen molar-refractivity contribution in [3.8, 4) is 0 Å². The van der Waals surface area contributed by atoms with Gasteiger partial charge in [0.2, 0.25) is 0 Å². The van der Waals surface area contributed by atoms with E-state index >= 15 is 0 Å². The molecule has 20 heavy (non-hydrogen) atoms. The molecule has 1 aromatic rings. The van der Waals surface area contributed by atoms with E-state index in [0.717, 1.165) is 6.54 Å². The van der Waals surface area contributed by atoms with Gasteiger partial charge in [-0.25, -0.2) is 0 Å². The summed E-state index contributed by atoms with van der Waals surface area (Å²) in [5.74, 6) is 0.659. The minimum Gasteiger partial charge on any atom is -0.387 e. The van der Waals surface area contributed by atoms with Crippen LogP contribution in [0.4, 0.5) is 5.69 Å². The molecular formula is C15H22N2O3. The van der Waals surface area contributed by atoms with E-state index in [0.29, 0.717) is 23.4 Å². The van der Waals surface area contributed by atoms with E-state index in [1.807, 2.05) is 0 Å². The summed E-state index contributed by atoms with van der Waals surface area (Å²) in [6.07, 6.45) is 1.88. The minimum atomic E-state index is -0.626. The van der Waals surface area contributed by atoms with Crippen LogP contribution in [0.1, 0.15) is 38.4 Å². The van der Waals surface area contributed by atoms with Crippen LogP contribution in [0.25, 0.3) is 0 Å². The van der Waals surface area contributed by atoms with Crippen LogP contribution in [0.3, 0.4) is 0 Å². The number of nitrogens with zero attached hydrogens (tertiary/aromatic N) is 1. The number of benzene rings is 1. The highest BCUT2D eigenvalue weighted by molar-refractivity contribution is 5.33. The maximum Gasteiger partial charge on any atom is 0.269 e. The van der Waals surface area contributed by atoms with E-state index in [1.54, 1.807) is 12.1 Å². The number of rotatable bonds is 7. The summed E-state index contributed by atoms with van der Waals surface area (Å²) in [7, 11) is 0. The number of aliphatic hydroxyl groups is 1. The zero-order chi connectivity index (χ0) is 14.8. The smallest absolute Gasteiger partial charge is 0.269 e. The number of nitro benzene ring substituents is 1. The molecule has 1 atom stereocenters. The molecular weight excluding hydrogens is 256 g/mol. The Balaban J connectivity index is 1.83. The molecule has 110 valence electrons. The van der Waals surface area contributed by atoms with Crippen molar-refractivity contribution < 1.29 is 10.0 Å². The van der Waals surface area contributed by atoms with E-state index in [2.05, 4.69) is 19.2 Å². The quantitative estimate of drug-likeness (QED) is 0.594. The topological polar surface area (TPSA) is 75.4 Å².